The summed E-state index contributed by atoms with van der Waals surface area (Å²) in [6.07, 6.45) is -3.36. The normalized spacial score (nSPS) is 12.6. The number of nitrogens with two attached hydrogens (primary N) is 1. The zero-order chi connectivity index (χ0) is 16.2. The number of hydrogen-bond donors (Lipinski definition) is 2. The summed E-state index contributed by atoms with van der Waals surface area (Å²) in [6, 6.07) is 0. The molecule has 0 saturated heterocycles. The zero-order valence-corrected chi connectivity index (χ0v) is 12.1. The van der Waals surface area contributed by atoms with Crippen molar-refractivity contribution in [3.05, 3.63) is 16.8 Å². The molecule has 21 heavy (non-hydrogen) atoms. The van der Waals surface area contributed by atoms with E-state index < -0.39 is 12.7 Å². The fourth-order valence-corrected chi connectivity index (χ4v) is 2.09. The summed E-state index contributed by atoms with van der Waals surface area (Å²) in [7, 11) is 1.23. The molecule has 0 aromatic carbocycles. The lowest BCUT2D eigenvalue weighted by Crippen LogP contribution is -2.34. The molecule has 0 bridgehead atoms. The summed E-state index contributed by atoms with van der Waals surface area (Å²) in [4.78, 5) is 0.888. The van der Waals surface area contributed by atoms with Gasteiger partial charge in [-0.3, -0.25) is 0 Å². The molecular formula is C12H18F3N5O. The number of amidine groups is 1. The maximum atomic E-state index is 12.5. The number of alkyl halides is 3. The second-order valence-corrected chi connectivity index (χ2v) is 4.49. The summed E-state index contributed by atoms with van der Waals surface area (Å²) in [5, 5.41) is 19.5. The highest BCUT2D eigenvalue weighted by molar-refractivity contribution is 6.02. The van der Waals surface area contributed by atoms with Crippen LogP contribution < -0.4 is 10.6 Å². The molecule has 0 radical (unpaired) electrons. The van der Waals surface area contributed by atoms with Crippen LogP contribution in [-0.4, -0.2) is 41.0 Å². The largest absolute Gasteiger partial charge is 0.409 e. The number of rotatable bonds is 5. The van der Waals surface area contributed by atoms with E-state index in [1.54, 1.807) is 0 Å². The van der Waals surface area contributed by atoms with Gasteiger partial charge in [-0.1, -0.05) is 19.0 Å². The molecule has 0 aliphatic carbocycles. The molecule has 1 heterocycles. The molecule has 9 heteroatoms. The molecular weight excluding hydrogens is 287 g/mol. The van der Waals surface area contributed by atoms with Crippen molar-refractivity contribution in [1.29, 1.82) is 0 Å². The zero-order valence-electron chi connectivity index (χ0n) is 12.1. The fraction of sp³-hybridized carbons (Fsp3) is 0.583. The van der Waals surface area contributed by atoms with E-state index in [4.69, 9.17) is 10.9 Å². The Morgan fingerprint density at radius 2 is 1.90 bits per heavy atom. The van der Waals surface area contributed by atoms with Crippen LogP contribution in [0.2, 0.25) is 0 Å². The first-order valence-electron chi connectivity index (χ1n) is 6.39. The first-order chi connectivity index (χ1) is 9.75. The number of oxime groups is 1. The molecule has 0 aliphatic heterocycles. The van der Waals surface area contributed by atoms with Crippen molar-refractivity contribution in [3.8, 4) is 0 Å². The van der Waals surface area contributed by atoms with E-state index in [1.165, 1.54) is 7.05 Å². The highest BCUT2D eigenvalue weighted by Gasteiger charge is 2.32. The topological polar surface area (TPSA) is 87.6 Å². The summed E-state index contributed by atoms with van der Waals surface area (Å²) in [6.45, 7) is 2.46. The van der Waals surface area contributed by atoms with E-state index in [9.17, 15) is 13.2 Å². The third-order valence-corrected chi connectivity index (χ3v) is 2.97. The smallest absolute Gasteiger partial charge is 0.405 e. The van der Waals surface area contributed by atoms with Gasteiger partial charge in [0.2, 0.25) is 0 Å². The third-order valence-electron chi connectivity index (χ3n) is 2.97. The molecule has 3 N–H and O–H groups in total. The van der Waals surface area contributed by atoms with Gasteiger partial charge in [-0.15, -0.1) is 5.10 Å². The molecule has 6 nitrogen and oxygen atoms in total. The molecule has 0 amide bonds. The Morgan fingerprint density at radius 3 is 2.33 bits per heavy atom. The van der Waals surface area contributed by atoms with Crippen LogP contribution in [0.5, 0.6) is 0 Å². The van der Waals surface area contributed by atoms with E-state index in [0.717, 1.165) is 4.90 Å². The van der Waals surface area contributed by atoms with Crippen molar-refractivity contribution in [3.63, 3.8) is 0 Å². The van der Waals surface area contributed by atoms with Crippen LogP contribution in [-0.2, 0) is 12.8 Å². The van der Waals surface area contributed by atoms with Crippen molar-refractivity contribution >= 4 is 11.7 Å². The summed E-state index contributed by atoms with van der Waals surface area (Å²) >= 11 is 0. The molecule has 0 aliphatic rings. The second-order valence-electron chi connectivity index (χ2n) is 4.49. The van der Waals surface area contributed by atoms with Crippen molar-refractivity contribution in [2.24, 2.45) is 10.9 Å². The molecule has 0 fully saturated rings. The lowest BCUT2D eigenvalue weighted by Gasteiger charge is -2.23. The summed E-state index contributed by atoms with van der Waals surface area (Å²) in [5.41, 5.74) is 7.06. The highest BCUT2D eigenvalue weighted by atomic mass is 19.4. The molecule has 1 rings (SSSR count). The monoisotopic (exact) mass is 305 g/mol. The lowest BCUT2D eigenvalue weighted by atomic mass is 10.0. The average Bonchev–Trinajstić information content (AvgIpc) is 2.42. The van der Waals surface area contributed by atoms with E-state index in [-0.39, 0.29) is 17.2 Å². The molecule has 0 spiro atoms. The van der Waals surface area contributed by atoms with E-state index in [1.807, 2.05) is 13.8 Å². The van der Waals surface area contributed by atoms with Gasteiger partial charge in [0.1, 0.15) is 6.54 Å². The van der Waals surface area contributed by atoms with Crippen LogP contribution in [0, 0.1) is 0 Å². The van der Waals surface area contributed by atoms with E-state index in [0.29, 0.717) is 24.1 Å². The Morgan fingerprint density at radius 1 is 1.29 bits per heavy atom. The van der Waals surface area contributed by atoms with Crippen LogP contribution in [0.3, 0.4) is 0 Å². The summed E-state index contributed by atoms with van der Waals surface area (Å²) < 4.78 is 37.6. The second kappa shape index (κ2) is 6.59. The Kier molecular flexibility index (Phi) is 5.34. The number of aryl methyl sites for hydroxylation is 1. The van der Waals surface area contributed by atoms with Crippen LogP contribution in [0.15, 0.2) is 5.16 Å². The SMILES string of the molecule is CCc1nnc(N(C)CC(F)(F)F)c(C(N)=NO)c1CC. The van der Waals surface area contributed by atoms with Gasteiger partial charge in [-0.25, -0.2) is 0 Å². The predicted molar refractivity (Wildman–Crippen MR) is 72.6 cm³/mol. The van der Waals surface area contributed by atoms with Gasteiger partial charge in [0.25, 0.3) is 0 Å². The minimum Gasteiger partial charge on any atom is -0.409 e. The van der Waals surface area contributed by atoms with Crippen molar-refractivity contribution < 1.29 is 18.4 Å². The predicted octanol–water partition coefficient (Wildman–Crippen LogP) is 1.69. The minimum absolute atomic E-state index is 0.0586. The summed E-state index contributed by atoms with van der Waals surface area (Å²) in [5.74, 6) is -0.336. The van der Waals surface area contributed by atoms with Gasteiger partial charge < -0.3 is 15.8 Å². The van der Waals surface area contributed by atoms with Gasteiger partial charge in [0.05, 0.1) is 11.3 Å². The fourth-order valence-electron chi connectivity index (χ4n) is 2.09. The quantitative estimate of drug-likeness (QED) is 0.374. The van der Waals surface area contributed by atoms with Crippen LogP contribution in [0.25, 0.3) is 0 Å². The first kappa shape index (κ1) is 17.0. The highest BCUT2D eigenvalue weighted by Crippen LogP contribution is 2.26. The van der Waals surface area contributed by atoms with Crippen molar-refractivity contribution in [2.45, 2.75) is 32.9 Å². The van der Waals surface area contributed by atoms with Gasteiger partial charge >= 0.3 is 6.18 Å². The Hall–Kier alpha value is -2.06. The Labute approximate surface area is 120 Å². The number of halogens is 3. The van der Waals surface area contributed by atoms with Gasteiger partial charge in [-0.2, -0.15) is 18.3 Å². The number of anilines is 1. The van der Waals surface area contributed by atoms with Crippen LogP contribution in [0.4, 0.5) is 19.0 Å². The molecule has 118 valence electrons. The molecule has 1 aromatic heterocycles. The van der Waals surface area contributed by atoms with Crippen molar-refractivity contribution in [2.75, 3.05) is 18.5 Å². The van der Waals surface area contributed by atoms with Crippen LogP contribution >= 0.6 is 0 Å². The van der Waals surface area contributed by atoms with Gasteiger partial charge in [0.15, 0.2) is 11.7 Å². The Balaban J connectivity index is 3.45. The standard InChI is InChI=1S/C12H18F3N5O/c1-4-7-8(5-2)17-18-11(9(7)10(16)19-21)20(3)6-12(13,14)15/h21H,4-6H2,1-3H3,(H2,16,19). The van der Waals surface area contributed by atoms with Gasteiger partial charge in [-0.05, 0) is 18.4 Å². The van der Waals surface area contributed by atoms with E-state index in [2.05, 4.69) is 15.4 Å². The van der Waals surface area contributed by atoms with E-state index >= 15 is 0 Å². The minimum atomic E-state index is -4.39. The lowest BCUT2D eigenvalue weighted by molar-refractivity contribution is -0.119. The first-order valence-corrected chi connectivity index (χ1v) is 6.39. The number of nitrogens with zero attached hydrogens (tertiary/aromatic N) is 4. The maximum absolute atomic E-state index is 12.5. The average molecular weight is 305 g/mol. The molecule has 0 saturated carbocycles. The number of hydrogen-bond acceptors (Lipinski definition) is 5. The van der Waals surface area contributed by atoms with Crippen LogP contribution in [0.1, 0.15) is 30.7 Å². The third kappa shape index (κ3) is 3.96. The van der Waals surface area contributed by atoms with Gasteiger partial charge in [0, 0.05) is 7.05 Å². The maximum Gasteiger partial charge on any atom is 0.405 e. The molecule has 1 aromatic rings. The number of aromatic nitrogens is 2. The molecule has 0 atom stereocenters. The Bertz CT molecular complexity index is 530. The molecule has 0 unspecified atom stereocenters. The van der Waals surface area contributed by atoms with Crippen molar-refractivity contribution in [1.82, 2.24) is 10.2 Å².